The summed E-state index contributed by atoms with van der Waals surface area (Å²) in [4.78, 5) is 12.5. The minimum Gasteiger partial charge on any atom is -0.492 e. The molecule has 0 radical (unpaired) electrons. The summed E-state index contributed by atoms with van der Waals surface area (Å²) in [6, 6.07) is 13.7. The number of hydrogen-bond acceptors (Lipinski definition) is 4. The van der Waals surface area contributed by atoms with Gasteiger partial charge in [-0.2, -0.15) is 0 Å². The Balaban J connectivity index is 1.97. The molecule has 1 aromatic heterocycles. The molecule has 0 aliphatic carbocycles. The Hall–Kier alpha value is -2.79. The Morgan fingerprint density at radius 2 is 2.04 bits per heavy atom. The number of hydrogen-bond donors (Lipinski definition) is 2. The van der Waals surface area contributed by atoms with E-state index in [1.165, 1.54) is 0 Å². The molecular formula is C18H15ClN2O3. The highest BCUT2D eigenvalue weighted by molar-refractivity contribution is 6.31. The van der Waals surface area contributed by atoms with Crippen LogP contribution in [0.2, 0.25) is 5.02 Å². The zero-order valence-electron chi connectivity index (χ0n) is 12.9. The van der Waals surface area contributed by atoms with E-state index in [1.54, 1.807) is 42.5 Å². The topological polar surface area (TPSA) is 75.3 Å². The predicted octanol–water partition coefficient (Wildman–Crippen LogP) is 4.22. The standard InChI is InChI=1S/C18H15ClN2O3/c1-2-23-16-6-4-3-5-14(16)21-18(22)13-10-11-9-12(19)7-8-15(11)24-17(13)20/h3-10,20H,2H2,1H3,(H,21,22). The Bertz CT molecular complexity index is 966. The molecule has 0 saturated carbocycles. The lowest BCUT2D eigenvalue weighted by molar-refractivity contribution is 0.102. The van der Waals surface area contributed by atoms with Crippen molar-refractivity contribution in [1.82, 2.24) is 0 Å². The molecule has 3 aromatic rings. The quantitative estimate of drug-likeness (QED) is 0.745. The first kappa shape index (κ1) is 16.1. The van der Waals surface area contributed by atoms with Crippen molar-refractivity contribution < 1.29 is 13.9 Å². The molecule has 1 heterocycles. The molecule has 0 aliphatic rings. The molecule has 0 unspecified atom stereocenters. The number of para-hydroxylation sites is 2. The lowest BCUT2D eigenvalue weighted by atomic mass is 10.1. The average Bonchev–Trinajstić information content (AvgIpc) is 2.56. The molecule has 24 heavy (non-hydrogen) atoms. The second-order valence-electron chi connectivity index (χ2n) is 5.05. The number of fused-ring (bicyclic) bond motifs is 1. The number of ether oxygens (including phenoxy) is 1. The van der Waals surface area contributed by atoms with E-state index in [1.807, 2.05) is 13.0 Å². The van der Waals surface area contributed by atoms with Crippen molar-refractivity contribution in [1.29, 1.82) is 5.41 Å². The maximum atomic E-state index is 12.5. The van der Waals surface area contributed by atoms with Crippen LogP contribution >= 0.6 is 11.6 Å². The third-order valence-electron chi connectivity index (χ3n) is 3.41. The monoisotopic (exact) mass is 342 g/mol. The lowest BCUT2D eigenvalue weighted by Crippen LogP contribution is -2.21. The summed E-state index contributed by atoms with van der Waals surface area (Å²) in [5.41, 5.74) is 0.942. The third kappa shape index (κ3) is 3.26. The van der Waals surface area contributed by atoms with Gasteiger partial charge in [0.05, 0.1) is 12.3 Å². The molecule has 0 bridgehead atoms. The van der Waals surface area contributed by atoms with Crippen molar-refractivity contribution >= 4 is 34.2 Å². The van der Waals surface area contributed by atoms with E-state index in [2.05, 4.69) is 5.32 Å². The fourth-order valence-corrected chi connectivity index (χ4v) is 2.50. The first-order chi connectivity index (χ1) is 11.6. The largest absolute Gasteiger partial charge is 0.492 e. The highest BCUT2D eigenvalue weighted by atomic mass is 35.5. The first-order valence-electron chi connectivity index (χ1n) is 7.39. The number of amides is 1. The molecule has 6 heteroatoms. The fourth-order valence-electron chi connectivity index (χ4n) is 2.32. The Kier molecular flexibility index (Phi) is 4.53. The molecule has 0 atom stereocenters. The summed E-state index contributed by atoms with van der Waals surface area (Å²) < 4.78 is 10.9. The normalized spacial score (nSPS) is 10.6. The highest BCUT2D eigenvalue weighted by Gasteiger charge is 2.14. The van der Waals surface area contributed by atoms with Gasteiger partial charge >= 0.3 is 0 Å². The van der Waals surface area contributed by atoms with Gasteiger partial charge in [0, 0.05) is 10.4 Å². The van der Waals surface area contributed by atoms with E-state index in [4.69, 9.17) is 26.2 Å². The average molecular weight is 343 g/mol. The van der Waals surface area contributed by atoms with Crippen LogP contribution in [-0.2, 0) is 0 Å². The number of halogens is 1. The van der Waals surface area contributed by atoms with Gasteiger partial charge in [0.1, 0.15) is 16.9 Å². The van der Waals surface area contributed by atoms with Crippen LogP contribution < -0.4 is 15.6 Å². The van der Waals surface area contributed by atoms with Crippen molar-refractivity contribution in [2.75, 3.05) is 11.9 Å². The summed E-state index contributed by atoms with van der Waals surface area (Å²) >= 11 is 5.97. The number of carbonyl (C=O) groups excluding carboxylic acids is 1. The van der Waals surface area contributed by atoms with Gasteiger partial charge in [0.2, 0.25) is 5.55 Å². The van der Waals surface area contributed by atoms with E-state index in [9.17, 15) is 4.79 Å². The van der Waals surface area contributed by atoms with Gasteiger partial charge in [-0.1, -0.05) is 23.7 Å². The predicted molar refractivity (Wildman–Crippen MR) is 92.6 cm³/mol. The Morgan fingerprint density at radius 1 is 1.25 bits per heavy atom. The molecule has 0 spiro atoms. The van der Waals surface area contributed by atoms with Crippen LogP contribution in [0, 0.1) is 5.41 Å². The molecule has 122 valence electrons. The number of rotatable bonds is 4. The van der Waals surface area contributed by atoms with Crippen molar-refractivity contribution in [3.8, 4) is 5.75 Å². The second kappa shape index (κ2) is 6.76. The van der Waals surface area contributed by atoms with Gasteiger partial charge in [0.15, 0.2) is 0 Å². The number of anilines is 1. The molecule has 0 aliphatic heterocycles. The molecule has 2 N–H and O–H groups in total. The van der Waals surface area contributed by atoms with Crippen LogP contribution in [0.4, 0.5) is 5.69 Å². The zero-order valence-corrected chi connectivity index (χ0v) is 13.7. The minimum atomic E-state index is -0.447. The summed E-state index contributed by atoms with van der Waals surface area (Å²) in [5.74, 6) is 0.124. The molecule has 2 aromatic carbocycles. The van der Waals surface area contributed by atoms with Crippen LogP contribution in [0.5, 0.6) is 5.75 Å². The summed E-state index contributed by atoms with van der Waals surface area (Å²) in [5, 5.41) is 11.9. The van der Waals surface area contributed by atoms with E-state index in [-0.39, 0.29) is 11.1 Å². The molecule has 0 saturated heterocycles. The number of benzene rings is 2. The minimum absolute atomic E-state index is 0.121. The summed E-state index contributed by atoms with van der Waals surface area (Å²) in [6.07, 6.45) is 0. The van der Waals surface area contributed by atoms with Gasteiger partial charge < -0.3 is 14.5 Å². The summed E-state index contributed by atoms with van der Waals surface area (Å²) in [6.45, 7) is 2.35. The lowest BCUT2D eigenvalue weighted by Gasteiger charge is -2.11. The first-order valence-corrected chi connectivity index (χ1v) is 7.77. The smallest absolute Gasteiger partial charge is 0.261 e. The fraction of sp³-hybridized carbons (Fsp3) is 0.111. The molecular weight excluding hydrogens is 328 g/mol. The van der Waals surface area contributed by atoms with Crippen LogP contribution in [0.25, 0.3) is 11.0 Å². The van der Waals surface area contributed by atoms with Crippen LogP contribution in [-0.4, -0.2) is 12.5 Å². The maximum absolute atomic E-state index is 12.5. The van der Waals surface area contributed by atoms with Gasteiger partial charge in [-0.15, -0.1) is 0 Å². The molecule has 1 amide bonds. The third-order valence-corrected chi connectivity index (χ3v) is 3.64. The van der Waals surface area contributed by atoms with Crippen LogP contribution in [0.15, 0.2) is 52.9 Å². The van der Waals surface area contributed by atoms with Gasteiger partial charge in [-0.05, 0) is 43.3 Å². The molecule has 5 nitrogen and oxygen atoms in total. The van der Waals surface area contributed by atoms with Gasteiger partial charge in [-0.3, -0.25) is 10.2 Å². The second-order valence-corrected chi connectivity index (χ2v) is 5.49. The van der Waals surface area contributed by atoms with Gasteiger partial charge in [0.25, 0.3) is 5.91 Å². The highest BCUT2D eigenvalue weighted by Crippen LogP contribution is 2.24. The Morgan fingerprint density at radius 3 is 2.83 bits per heavy atom. The SMILES string of the molecule is CCOc1ccccc1NC(=O)c1cc2cc(Cl)ccc2oc1=N. The summed E-state index contributed by atoms with van der Waals surface area (Å²) in [7, 11) is 0. The van der Waals surface area contributed by atoms with E-state index < -0.39 is 5.91 Å². The molecule has 0 fully saturated rings. The number of nitrogens with one attached hydrogen (secondary N) is 2. The Labute approximate surface area is 143 Å². The van der Waals surface area contributed by atoms with E-state index >= 15 is 0 Å². The van der Waals surface area contributed by atoms with Crippen molar-refractivity contribution in [2.24, 2.45) is 0 Å². The molecule has 3 rings (SSSR count). The van der Waals surface area contributed by atoms with E-state index in [0.717, 1.165) is 0 Å². The zero-order chi connectivity index (χ0) is 17.1. The van der Waals surface area contributed by atoms with Crippen molar-refractivity contribution in [2.45, 2.75) is 6.92 Å². The van der Waals surface area contributed by atoms with Crippen molar-refractivity contribution in [3.63, 3.8) is 0 Å². The maximum Gasteiger partial charge on any atom is 0.261 e. The van der Waals surface area contributed by atoms with Crippen LogP contribution in [0.1, 0.15) is 17.3 Å². The van der Waals surface area contributed by atoms with E-state index in [0.29, 0.717) is 34.0 Å². The van der Waals surface area contributed by atoms with Crippen molar-refractivity contribution in [3.05, 3.63) is 64.7 Å². The van der Waals surface area contributed by atoms with Gasteiger partial charge in [-0.25, -0.2) is 0 Å². The van der Waals surface area contributed by atoms with Crippen LogP contribution in [0.3, 0.4) is 0 Å². The number of carbonyl (C=O) groups is 1.